The molecule has 0 saturated heterocycles. The third-order valence-electron chi connectivity index (χ3n) is 5.60. The van der Waals surface area contributed by atoms with E-state index in [-0.39, 0.29) is 11.8 Å². The minimum Gasteiger partial charge on any atom is -0.497 e. The monoisotopic (exact) mass is 484 g/mol. The van der Waals surface area contributed by atoms with E-state index in [1.54, 1.807) is 44.9 Å². The van der Waals surface area contributed by atoms with E-state index in [1.165, 1.54) is 0 Å². The van der Waals surface area contributed by atoms with Crippen LogP contribution in [-0.4, -0.2) is 35.6 Å². The van der Waals surface area contributed by atoms with E-state index < -0.39 is 0 Å². The van der Waals surface area contributed by atoms with E-state index in [0.29, 0.717) is 36.5 Å². The molecule has 2 amide bonds. The fraction of sp³-hybridized carbons (Fsp3) is 0.179. The minimum absolute atomic E-state index is 0.0418. The molecule has 3 aromatic carbocycles. The summed E-state index contributed by atoms with van der Waals surface area (Å²) in [6.07, 6.45) is 4.37. The van der Waals surface area contributed by atoms with Gasteiger partial charge in [0.25, 0.3) is 5.91 Å². The highest BCUT2D eigenvalue weighted by molar-refractivity contribution is 6.02. The molecule has 1 heterocycles. The molecular formula is C28H28N4O4. The fourth-order valence-electron chi connectivity index (χ4n) is 3.64. The van der Waals surface area contributed by atoms with E-state index >= 15 is 0 Å². The Morgan fingerprint density at radius 2 is 1.56 bits per heavy atom. The number of aryl methyl sites for hydroxylation is 1. The van der Waals surface area contributed by atoms with Crippen LogP contribution in [0.15, 0.2) is 85.3 Å². The number of anilines is 2. The van der Waals surface area contributed by atoms with Crippen LogP contribution >= 0.6 is 0 Å². The maximum absolute atomic E-state index is 12.5. The molecule has 4 rings (SSSR count). The van der Waals surface area contributed by atoms with Crippen LogP contribution in [0.1, 0.15) is 28.0 Å². The summed E-state index contributed by atoms with van der Waals surface area (Å²) in [5.41, 5.74) is 3.79. The highest BCUT2D eigenvalue weighted by Crippen LogP contribution is 2.18. The molecule has 0 saturated carbocycles. The van der Waals surface area contributed by atoms with Crippen molar-refractivity contribution in [2.45, 2.75) is 19.4 Å². The average molecular weight is 485 g/mol. The van der Waals surface area contributed by atoms with E-state index in [2.05, 4.69) is 15.6 Å². The number of carbonyl (C=O) groups excluding carboxylic acids is 2. The molecule has 0 atom stereocenters. The molecule has 0 bridgehead atoms. The maximum Gasteiger partial charge on any atom is 0.275 e. The number of hydrogen-bond donors (Lipinski definition) is 2. The number of amides is 2. The summed E-state index contributed by atoms with van der Waals surface area (Å²) in [5, 5.41) is 5.75. The van der Waals surface area contributed by atoms with Crippen molar-refractivity contribution in [2.24, 2.45) is 0 Å². The second kappa shape index (κ2) is 11.7. The van der Waals surface area contributed by atoms with Crippen molar-refractivity contribution >= 4 is 23.2 Å². The standard InChI is InChI=1S/C28H28N4O4/c1-35-24-13-8-20(9-14-24)10-15-27(33)30-22-11-6-21(7-12-22)17-32-18-26(29-19-32)28(34)31-23-4-3-5-25(16-23)36-2/h3-9,11-14,16,18-19H,10,15,17H2,1-2H3,(H,30,33)(H,31,34). The Bertz CT molecular complexity index is 1310. The first-order valence-electron chi connectivity index (χ1n) is 11.5. The number of ether oxygens (including phenoxy) is 2. The smallest absolute Gasteiger partial charge is 0.275 e. The van der Waals surface area contributed by atoms with Gasteiger partial charge in [0.1, 0.15) is 17.2 Å². The van der Waals surface area contributed by atoms with Gasteiger partial charge >= 0.3 is 0 Å². The Labute approximate surface area is 209 Å². The molecule has 2 N–H and O–H groups in total. The van der Waals surface area contributed by atoms with Crippen molar-refractivity contribution in [3.63, 3.8) is 0 Å². The zero-order valence-corrected chi connectivity index (χ0v) is 20.2. The molecule has 0 aliphatic carbocycles. The summed E-state index contributed by atoms with van der Waals surface area (Å²) in [6.45, 7) is 0.547. The molecule has 4 aromatic rings. The van der Waals surface area contributed by atoms with Gasteiger partial charge in [-0.3, -0.25) is 9.59 Å². The molecule has 0 aliphatic heterocycles. The molecule has 184 valence electrons. The van der Waals surface area contributed by atoms with Gasteiger partial charge in [-0.15, -0.1) is 0 Å². The Morgan fingerprint density at radius 3 is 2.28 bits per heavy atom. The van der Waals surface area contributed by atoms with Crippen molar-refractivity contribution in [3.8, 4) is 11.5 Å². The normalized spacial score (nSPS) is 10.5. The number of rotatable bonds is 10. The van der Waals surface area contributed by atoms with Crippen LogP contribution in [0.4, 0.5) is 11.4 Å². The molecule has 1 aromatic heterocycles. The van der Waals surface area contributed by atoms with Crippen LogP contribution in [0.3, 0.4) is 0 Å². The SMILES string of the molecule is COc1ccc(CCC(=O)Nc2ccc(Cn3cnc(C(=O)Nc4cccc(OC)c4)c3)cc2)cc1. The number of hydrogen-bond acceptors (Lipinski definition) is 5. The Balaban J connectivity index is 1.27. The first kappa shape index (κ1) is 24.5. The number of nitrogens with one attached hydrogen (secondary N) is 2. The van der Waals surface area contributed by atoms with Crippen molar-refractivity contribution in [3.05, 3.63) is 102 Å². The van der Waals surface area contributed by atoms with Gasteiger partial charge in [0.15, 0.2) is 0 Å². The molecule has 0 spiro atoms. The predicted octanol–water partition coefficient (Wildman–Crippen LogP) is 4.77. The molecule has 0 fully saturated rings. The molecule has 36 heavy (non-hydrogen) atoms. The number of aromatic nitrogens is 2. The van der Waals surface area contributed by atoms with Crippen molar-refractivity contribution in [1.29, 1.82) is 0 Å². The number of imidazole rings is 1. The van der Waals surface area contributed by atoms with E-state index in [0.717, 1.165) is 22.6 Å². The van der Waals surface area contributed by atoms with Crippen LogP contribution in [-0.2, 0) is 17.8 Å². The molecule has 0 unspecified atom stereocenters. The largest absolute Gasteiger partial charge is 0.497 e. The van der Waals surface area contributed by atoms with Crippen molar-refractivity contribution < 1.29 is 19.1 Å². The van der Waals surface area contributed by atoms with Crippen LogP contribution in [0.5, 0.6) is 11.5 Å². The zero-order chi connectivity index (χ0) is 25.3. The van der Waals surface area contributed by atoms with Crippen LogP contribution < -0.4 is 20.1 Å². The highest BCUT2D eigenvalue weighted by Gasteiger charge is 2.11. The van der Waals surface area contributed by atoms with Gasteiger partial charge in [0, 0.05) is 36.6 Å². The molecule has 8 nitrogen and oxygen atoms in total. The van der Waals surface area contributed by atoms with Gasteiger partial charge in [0.2, 0.25) is 5.91 Å². The predicted molar refractivity (Wildman–Crippen MR) is 139 cm³/mol. The molecular weight excluding hydrogens is 456 g/mol. The Hall–Kier alpha value is -4.59. The lowest BCUT2D eigenvalue weighted by molar-refractivity contribution is -0.116. The minimum atomic E-state index is -0.297. The average Bonchev–Trinajstić information content (AvgIpc) is 3.38. The number of carbonyl (C=O) groups is 2. The summed E-state index contributed by atoms with van der Waals surface area (Å²) < 4.78 is 12.2. The van der Waals surface area contributed by atoms with Crippen LogP contribution in [0.25, 0.3) is 0 Å². The van der Waals surface area contributed by atoms with Crippen LogP contribution in [0, 0.1) is 0 Å². The van der Waals surface area contributed by atoms with Crippen LogP contribution in [0.2, 0.25) is 0 Å². The lowest BCUT2D eigenvalue weighted by atomic mass is 10.1. The van der Waals surface area contributed by atoms with Gasteiger partial charge in [-0.2, -0.15) is 0 Å². The van der Waals surface area contributed by atoms with E-state index in [9.17, 15) is 9.59 Å². The number of methoxy groups -OCH3 is 2. The fourth-order valence-corrected chi connectivity index (χ4v) is 3.64. The third-order valence-corrected chi connectivity index (χ3v) is 5.60. The van der Waals surface area contributed by atoms with E-state index in [4.69, 9.17) is 9.47 Å². The van der Waals surface area contributed by atoms with Crippen molar-refractivity contribution in [1.82, 2.24) is 9.55 Å². The Morgan fingerprint density at radius 1 is 0.833 bits per heavy atom. The molecule has 8 heteroatoms. The third kappa shape index (κ3) is 6.73. The Kier molecular flexibility index (Phi) is 7.97. The second-order valence-electron chi connectivity index (χ2n) is 8.21. The van der Waals surface area contributed by atoms with Gasteiger partial charge in [-0.25, -0.2) is 4.98 Å². The zero-order valence-electron chi connectivity index (χ0n) is 20.2. The van der Waals surface area contributed by atoms with Gasteiger partial charge < -0.3 is 24.7 Å². The quantitative estimate of drug-likeness (QED) is 0.338. The second-order valence-corrected chi connectivity index (χ2v) is 8.21. The summed E-state index contributed by atoms with van der Waals surface area (Å²) in [7, 11) is 3.21. The maximum atomic E-state index is 12.5. The lowest BCUT2D eigenvalue weighted by Crippen LogP contribution is -2.12. The van der Waals surface area contributed by atoms with Gasteiger partial charge in [-0.05, 0) is 53.9 Å². The summed E-state index contributed by atoms with van der Waals surface area (Å²) in [5.74, 6) is 1.12. The summed E-state index contributed by atoms with van der Waals surface area (Å²) >= 11 is 0. The highest BCUT2D eigenvalue weighted by atomic mass is 16.5. The summed E-state index contributed by atoms with van der Waals surface area (Å²) in [6, 6.07) is 22.5. The van der Waals surface area contributed by atoms with Crippen molar-refractivity contribution in [2.75, 3.05) is 24.9 Å². The first-order valence-corrected chi connectivity index (χ1v) is 11.5. The van der Waals surface area contributed by atoms with Gasteiger partial charge in [-0.1, -0.05) is 30.3 Å². The molecule has 0 aliphatic rings. The lowest BCUT2D eigenvalue weighted by Gasteiger charge is -2.08. The number of nitrogens with zero attached hydrogens (tertiary/aromatic N) is 2. The first-order chi connectivity index (χ1) is 17.5. The molecule has 0 radical (unpaired) electrons. The summed E-state index contributed by atoms with van der Waals surface area (Å²) in [4.78, 5) is 29.1. The topological polar surface area (TPSA) is 94.5 Å². The van der Waals surface area contributed by atoms with Gasteiger partial charge in [0.05, 0.1) is 20.5 Å². The number of benzene rings is 3. The van der Waals surface area contributed by atoms with E-state index in [1.807, 2.05) is 59.2 Å².